The first-order valence-corrected chi connectivity index (χ1v) is 3.93. The van der Waals surface area contributed by atoms with Crippen LogP contribution in [0.3, 0.4) is 0 Å². The van der Waals surface area contributed by atoms with Gasteiger partial charge < -0.3 is 0 Å². The van der Waals surface area contributed by atoms with Crippen LogP contribution in [-0.2, 0) is 4.79 Å². The van der Waals surface area contributed by atoms with Gasteiger partial charge in [-0.2, -0.15) is 0 Å². The minimum absolute atomic E-state index is 0.0703. The molecule has 0 bridgehead atoms. The Bertz CT molecular complexity index is 152. The quantitative estimate of drug-likeness (QED) is 0.356. The van der Waals surface area contributed by atoms with Crippen LogP contribution in [-0.4, -0.2) is 12.0 Å². The number of hydrogen-bond acceptors (Lipinski definition) is 2. The summed E-state index contributed by atoms with van der Waals surface area (Å²) in [7, 11) is 0. The molecule has 0 aliphatic heterocycles. The zero-order valence-electron chi connectivity index (χ0n) is 5.71. The van der Waals surface area contributed by atoms with Crippen molar-refractivity contribution in [1.29, 1.82) is 0 Å². The van der Waals surface area contributed by atoms with E-state index in [1.165, 1.54) is 17.8 Å². The number of allylic oxidation sites excluding steroid dienone is 2. The van der Waals surface area contributed by atoms with Crippen LogP contribution in [0.4, 0.5) is 4.39 Å². The summed E-state index contributed by atoms with van der Waals surface area (Å²) in [5.74, 6) is 0.926. The van der Waals surface area contributed by atoms with Gasteiger partial charge in [-0.25, -0.2) is 4.39 Å². The SMILES string of the molecule is CCS/C=C\C(C=O)=C\F. The van der Waals surface area contributed by atoms with Gasteiger partial charge in [0.2, 0.25) is 0 Å². The summed E-state index contributed by atoms with van der Waals surface area (Å²) in [6.45, 7) is 1.98. The third-order valence-electron chi connectivity index (χ3n) is 0.785. The molecule has 0 aliphatic carbocycles. The fraction of sp³-hybridized carbons (Fsp3) is 0.286. The van der Waals surface area contributed by atoms with Crippen LogP contribution >= 0.6 is 11.8 Å². The Morgan fingerprint density at radius 1 is 1.70 bits per heavy atom. The molecule has 0 heterocycles. The maximum absolute atomic E-state index is 11.6. The Balaban J connectivity index is 3.74. The zero-order valence-corrected chi connectivity index (χ0v) is 6.53. The molecule has 0 rings (SSSR count). The van der Waals surface area contributed by atoms with Crippen LogP contribution in [0.2, 0.25) is 0 Å². The fourth-order valence-corrected chi connectivity index (χ4v) is 0.770. The Morgan fingerprint density at radius 2 is 2.40 bits per heavy atom. The van der Waals surface area contributed by atoms with Gasteiger partial charge in [0.15, 0.2) is 6.29 Å². The molecule has 10 heavy (non-hydrogen) atoms. The molecule has 0 aromatic carbocycles. The molecular formula is C7H9FOS. The van der Waals surface area contributed by atoms with Crippen molar-refractivity contribution in [2.75, 3.05) is 5.75 Å². The van der Waals surface area contributed by atoms with E-state index in [1.807, 2.05) is 6.92 Å². The summed E-state index contributed by atoms with van der Waals surface area (Å²) in [6, 6.07) is 0. The molecule has 0 N–H and O–H groups in total. The first-order valence-electron chi connectivity index (χ1n) is 2.88. The molecule has 0 spiro atoms. The number of thioether (sulfide) groups is 1. The molecule has 0 aromatic rings. The second-order valence-electron chi connectivity index (χ2n) is 1.49. The highest BCUT2D eigenvalue weighted by molar-refractivity contribution is 8.02. The standard InChI is InChI=1S/C7H9FOS/c1-2-10-4-3-7(5-8)6-9/h3-6H,2H2,1H3/b4-3-,7-5-. The Hall–Kier alpha value is -0.570. The van der Waals surface area contributed by atoms with Gasteiger partial charge in [-0.15, -0.1) is 11.8 Å². The van der Waals surface area contributed by atoms with Crippen LogP contribution in [0.25, 0.3) is 0 Å². The van der Waals surface area contributed by atoms with Crippen LogP contribution in [0.1, 0.15) is 6.92 Å². The van der Waals surface area contributed by atoms with Gasteiger partial charge in [-0.05, 0) is 17.2 Å². The maximum Gasteiger partial charge on any atom is 0.152 e. The molecular weight excluding hydrogens is 151 g/mol. The van der Waals surface area contributed by atoms with E-state index in [-0.39, 0.29) is 5.57 Å². The molecule has 56 valence electrons. The van der Waals surface area contributed by atoms with Crippen molar-refractivity contribution in [3.8, 4) is 0 Å². The van der Waals surface area contributed by atoms with Gasteiger partial charge in [0.1, 0.15) is 0 Å². The topological polar surface area (TPSA) is 17.1 Å². The largest absolute Gasteiger partial charge is 0.298 e. The summed E-state index contributed by atoms with van der Waals surface area (Å²) >= 11 is 1.52. The number of carbonyl (C=O) groups excluding carboxylic acids is 1. The lowest BCUT2D eigenvalue weighted by Gasteiger charge is -1.84. The molecule has 0 unspecified atom stereocenters. The van der Waals surface area contributed by atoms with E-state index in [0.717, 1.165) is 5.75 Å². The highest BCUT2D eigenvalue weighted by atomic mass is 32.2. The third-order valence-corrected chi connectivity index (χ3v) is 1.45. The van der Waals surface area contributed by atoms with Gasteiger partial charge in [0, 0.05) is 5.57 Å². The molecule has 0 saturated heterocycles. The Morgan fingerprint density at radius 3 is 2.80 bits per heavy atom. The normalized spacial score (nSPS) is 12.4. The van der Waals surface area contributed by atoms with Gasteiger partial charge in [-0.1, -0.05) is 6.92 Å². The van der Waals surface area contributed by atoms with E-state index >= 15 is 0 Å². The van der Waals surface area contributed by atoms with Crippen LogP contribution in [0, 0.1) is 0 Å². The van der Waals surface area contributed by atoms with E-state index in [2.05, 4.69) is 0 Å². The fourth-order valence-electron chi connectivity index (χ4n) is 0.324. The van der Waals surface area contributed by atoms with E-state index in [1.54, 1.807) is 5.41 Å². The number of hydrogen-bond donors (Lipinski definition) is 0. The first-order chi connectivity index (χ1) is 4.85. The highest BCUT2D eigenvalue weighted by Crippen LogP contribution is 2.03. The van der Waals surface area contributed by atoms with Crippen LogP contribution < -0.4 is 0 Å². The average molecular weight is 160 g/mol. The molecule has 1 nitrogen and oxygen atoms in total. The first kappa shape index (κ1) is 9.43. The molecule has 0 aromatic heterocycles. The lowest BCUT2D eigenvalue weighted by atomic mass is 10.3. The monoisotopic (exact) mass is 160 g/mol. The smallest absolute Gasteiger partial charge is 0.152 e. The summed E-state index contributed by atoms with van der Waals surface area (Å²) in [5, 5.41) is 1.69. The number of aldehydes is 1. The number of halogens is 1. The molecule has 0 radical (unpaired) electrons. The molecule has 0 atom stereocenters. The maximum atomic E-state index is 11.6. The zero-order chi connectivity index (χ0) is 7.82. The van der Waals surface area contributed by atoms with Gasteiger partial charge in [-0.3, -0.25) is 4.79 Å². The molecule has 0 fully saturated rings. The summed E-state index contributed by atoms with van der Waals surface area (Å²) in [6.07, 6.45) is 2.22. The second-order valence-corrected chi connectivity index (χ2v) is 2.67. The molecule has 0 saturated carbocycles. The Labute approximate surface area is 64.0 Å². The predicted molar refractivity (Wildman–Crippen MR) is 42.5 cm³/mol. The molecule has 0 amide bonds. The average Bonchev–Trinajstić information content (AvgIpc) is 1.99. The molecule has 3 heteroatoms. The third kappa shape index (κ3) is 4.32. The van der Waals surface area contributed by atoms with Crippen LogP contribution in [0.15, 0.2) is 23.4 Å². The van der Waals surface area contributed by atoms with Crippen molar-refractivity contribution in [3.63, 3.8) is 0 Å². The van der Waals surface area contributed by atoms with Gasteiger partial charge >= 0.3 is 0 Å². The Kier molecular flexibility index (Phi) is 6.18. The second kappa shape index (κ2) is 6.55. The predicted octanol–water partition coefficient (Wildman–Crippen LogP) is 2.31. The van der Waals surface area contributed by atoms with E-state index < -0.39 is 0 Å². The number of carbonyl (C=O) groups is 1. The van der Waals surface area contributed by atoms with Crippen molar-refractivity contribution in [2.45, 2.75) is 6.92 Å². The van der Waals surface area contributed by atoms with E-state index in [4.69, 9.17) is 0 Å². The summed E-state index contributed by atoms with van der Waals surface area (Å²) in [4.78, 5) is 9.96. The van der Waals surface area contributed by atoms with Crippen molar-refractivity contribution >= 4 is 18.0 Å². The number of rotatable bonds is 4. The van der Waals surface area contributed by atoms with E-state index in [0.29, 0.717) is 12.6 Å². The van der Waals surface area contributed by atoms with Gasteiger partial charge in [0.05, 0.1) is 6.33 Å². The van der Waals surface area contributed by atoms with Crippen molar-refractivity contribution in [1.82, 2.24) is 0 Å². The minimum Gasteiger partial charge on any atom is -0.298 e. The lowest BCUT2D eigenvalue weighted by Crippen LogP contribution is -1.74. The van der Waals surface area contributed by atoms with E-state index in [9.17, 15) is 9.18 Å². The molecule has 0 aliphatic rings. The minimum atomic E-state index is 0.0703. The highest BCUT2D eigenvalue weighted by Gasteiger charge is 1.85. The van der Waals surface area contributed by atoms with Gasteiger partial charge in [0.25, 0.3) is 0 Å². The lowest BCUT2D eigenvalue weighted by molar-refractivity contribution is -0.104. The summed E-state index contributed by atoms with van der Waals surface area (Å²) in [5.41, 5.74) is 0.0703. The van der Waals surface area contributed by atoms with Crippen molar-refractivity contribution in [3.05, 3.63) is 23.4 Å². The summed E-state index contributed by atoms with van der Waals surface area (Å²) < 4.78 is 11.6. The van der Waals surface area contributed by atoms with Crippen LogP contribution in [0.5, 0.6) is 0 Å². The van der Waals surface area contributed by atoms with Crippen molar-refractivity contribution in [2.24, 2.45) is 0 Å². The van der Waals surface area contributed by atoms with Crippen molar-refractivity contribution < 1.29 is 9.18 Å².